The van der Waals surface area contributed by atoms with Crippen molar-refractivity contribution in [2.24, 2.45) is 5.92 Å². The number of benzene rings is 2. The molecule has 1 fully saturated rings. The number of phenolic OH excluding ortho intramolecular Hbond substituents is 1. The molecule has 4 heteroatoms. The molecule has 4 rings (SSSR count). The van der Waals surface area contributed by atoms with Gasteiger partial charge in [0.25, 0.3) is 0 Å². The molecule has 4 nitrogen and oxygen atoms in total. The molecule has 0 radical (unpaired) electrons. The van der Waals surface area contributed by atoms with Gasteiger partial charge in [0.15, 0.2) is 0 Å². The second-order valence-corrected chi connectivity index (χ2v) is 6.59. The highest BCUT2D eigenvalue weighted by Gasteiger charge is 2.14. The van der Waals surface area contributed by atoms with Crippen molar-refractivity contribution in [1.82, 2.24) is 0 Å². The van der Waals surface area contributed by atoms with Crippen LogP contribution in [0.1, 0.15) is 32.1 Å². The maximum absolute atomic E-state index is 12.1. The lowest BCUT2D eigenvalue weighted by molar-refractivity contribution is 0.209. The van der Waals surface area contributed by atoms with Crippen molar-refractivity contribution in [3.63, 3.8) is 0 Å². The van der Waals surface area contributed by atoms with Crippen molar-refractivity contribution in [2.75, 3.05) is 6.61 Å². The smallest absolute Gasteiger partial charge is 0.344 e. The molecule has 0 bridgehead atoms. The number of ether oxygens (including phenoxy) is 1. The van der Waals surface area contributed by atoms with E-state index in [2.05, 4.69) is 0 Å². The van der Waals surface area contributed by atoms with Crippen LogP contribution in [0.25, 0.3) is 21.7 Å². The van der Waals surface area contributed by atoms with E-state index in [1.807, 2.05) is 12.1 Å². The van der Waals surface area contributed by atoms with Gasteiger partial charge in [0.05, 0.1) is 12.0 Å². The van der Waals surface area contributed by atoms with Crippen molar-refractivity contribution in [3.8, 4) is 11.5 Å². The number of fused-ring (bicyclic) bond motifs is 3. The number of rotatable bonds is 3. The highest BCUT2D eigenvalue weighted by atomic mass is 16.5. The van der Waals surface area contributed by atoms with E-state index in [9.17, 15) is 9.90 Å². The van der Waals surface area contributed by atoms with Crippen LogP contribution >= 0.6 is 0 Å². The molecule has 0 amide bonds. The minimum atomic E-state index is -0.446. The van der Waals surface area contributed by atoms with E-state index in [0.717, 1.165) is 23.1 Å². The predicted octanol–water partition coefficient (Wildman–Crippen LogP) is 4.61. The first-order valence-corrected chi connectivity index (χ1v) is 8.53. The van der Waals surface area contributed by atoms with E-state index in [4.69, 9.17) is 9.15 Å². The van der Waals surface area contributed by atoms with Crippen LogP contribution in [0.5, 0.6) is 11.5 Å². The fourth-order valence-electron chi connectivity index (χ4n) is 3.56. The Labute approximate surface area is 139 Å². The molecule has 1 N–H and O–H groups in total. The first kappa shape index (κ1) is 15.1. The molecule has 1 aromatic heterocycles. The lowest BCUT2D eigenvalue weighted by Crippen LogP contribution is -2.15. The topological polar surface area (TPSA) is 59.7 Å². The van der Waals surface area contributed by atoms with Gasteiger partial charge in [0.1, 0.15) is 17.1 Å². The van der Waals surface area contributed by atoms with E-state index in [0.29, 0.717) is 16.9 Å². The van der Waals surface area contributed by atoms with Crippen LogP contribution in [-0.2, 0) is 0 Å². The molecule has 1 aliphatic carbocycles. The van der Waals surface area contributed by atoms with Crippen molar-refractivity contribution in [3.05, 3.63) is 46.8 Å². The Morgan fingerprint density at radius 2 is 1.79 bits per heavy atom. The third-order valence-electron chi connectivity index (χ3n) is 4.88. The average molecular weight is 324 g/mol. The van der Waals surface area contributed by atoms with Crippen LogP contribution in [0.3, 0.4) is 0 Å². The lowest BCUT2D eigenvalue weighted by atomic mass is 9.90. The summed E-state index contributed by atoms with van der Waals surface area (Å²) in [5, 5.41) is 11.6. The monoisotopic (exact) mass is 324 g/mol. The van der Waals surface area contributed by atoms with Gasteiger partial charge in [0.2, 0.25) is 0 Å². The Balaban J connectivity index is 1.66. The molecule has 0 saturated heterocycles. The van der Waals surface area contributed by atoms with Crippen LogP contribution in [-0.4, -0.2) is 11.7 Å². The average Bonchev–Trinajstić information content (AvgIpc) is 2.61. The van der Waals surface area contributed by atoms with Crippen LogP contribution in [0.4, 0.5) is 0 Å². The molecule has 3 aromatic rings. The van der Waals surface area contributed by atoms with Gasteiger partial charge in [-0.05, 0) is 49.1 Å². The predicted molar refractivity (Wildman–Crippen MR) is 93.7 cm³/mol. The van der Waals surface area contributed by atoms with Gasteiger partial charge in [-0.1, -0.05) is 19.3 Å². The van der Waals surface area contributed by atoms with Crippen LogP contribution in [0, 0.1) is 5.92 Å². The number of hydrogen-bond acceptors (Lipinski definition) is 4. The quantitative estimate of drug-likeness (QED) is 0.564. The molecule has 0 unspecified atom stereocenters. The number of hydrogen-bond donors (Lipinski definition) is 1. The second-order valence-electron chi connectivity index (χ2n) is 6.59. The SMILES string of the molecule is O=c1oc2cc(OCC3CCCCC3)ccc2c2ccc(O)cc12. The zero-order chi connectivity index (χ0) is 16.5. The van der Waals surface area contributed by atoms with E-state index >= 15 is 0 Å². The van der Waals surface area contributed by atoms with Crippen molar-refractivity contribution < 1.29 is 14.3 Å². The summed E-state index contributed by atoms with van der Waals surface area (Å²) in [5.74, 6) is 1.41. The van der Waals surface area contributed by atoms with Crippen molar-refractivity contribution >= 4 is 21.7 Å². The fourth-order valence-corrected chi connectivity index (χ4v) is 3.56. The molecule has 1 heterocycles. The third-order valence-corrected chi connectivity index (χ3v) is 4.88. The van der Waals surface area contributed by atoms with Gasteiger partial charge in [-0.2, -0.15) is 0 Å². The molecular formula is C20H20O4. The Kier molecular flexibility index (Phi) is 3.89. The van der Waals surface area contributed by atoms with Crippen molar-refractivity contribution in [1.29, 1.82) is 0 Å². The summed E-state index contributed by atoms with van der Waals surface area (Å²) >= 11 is 0. The van der Waals surface area contributed by atoms with Gasteiger partial charge in [-0.3, -0.25) is 0 Å². The molecule has 2 aromatic carbocycles. The van der Waals surface area contributed by atoms with Crippen LogP contribution < -0.4 is 10.4 Å². The first-order valence-electron chi connectivity index (χ1n) is 8.53. The summed E-state index contributed by atoms with van der Waals surface area (Å²) in [6.45, 7) is 0.719. The van der Waals surface area contributed by atoms with E-state index in [1.54, 1.807) is 18.2 Å². The molecule has 0 aliphatic heterocycles. The highest BCUT2D eigenvalue weighted by molar-refractivity contribution is 6.04. The molecule has 0 atom stereocenters. The maximum Gasteiger partial charge on any atom is 0.344 e. The highest BCUT2D eigenvalue weighted by Crippen LogP contribution is 2.29. The summed E-state index contributed by atoms with van der Waals surface area (Å²) in [6, 6.07) is 10.4. The van der Waals surface area contributed by atoms with Gasteiger partial charge in [-0.15, -0.1) is 0 Å². The summed E-state index contributed by atoms with van der Waals surface area (Å²) in [5.41, 5.74) is 0.0668. The molecule has 0 spiro atoms. The fraction of sp³-hybridized carbons (Fsp3) is 0.350. The minimum Gasteiger partial charge on any atom is -0.508 e. The lowest BCUT2D eigenvalue weighted by Gasteiger charge is -2.21. The minimum absolute atomic E-state index is 0.0570. The molecule has 1 saturated carbocycles. The molecular weight excluding hydrogens is 304 g/mol. The summed E-state index contributed by atoms with van der Waals surface area (Å²) in [6.07, 6.45) is 6.38. The van der Waals surface area contributed by atoms with Crippen LogP contribution in [0.15, 0.2) is 45.6 Å². The Morgan fingerprint density at radius 1 is 1.00 bits per heavy atom. The Morgan fingerprint density at radius 3 is 2.62 bits per heavy atom. The largest absolute Gasteiger partial charge is 0.508 e. The Hall–Kier alpha value is -2.49. The summed E-state index contributed by atoms with van der Waals surface area (Å²) in [7, 11) is 0. The van der Waals surface area contributed by atoms with Gasteiger partial charge >= 0.3 is 5.63 Å². The molecule has 1 aliphatic rings. The molecule has 124 valence electrons. The summed E-state index contributed by atoms with van der Waals surface area (Å²) in [4.78, 5) is 12.1. The van der Waals surface area contributed by atoms with Gasteiger partial charge in [-0.25, -0.2) is 4.79 Å². The molecule has 24 heavy (non-hydrogen) atoms. The first-order chi connectivity index (χ1) is 11.7. The maximum atomic E-state index is 12.1. The van der Waals surface area contributed by atoms with Crippen LogP contribution in [0.2, 0.25) is 0 Å². The van der Waals surface area contributed by atoms with Crippen molar-refractivity contribution in [2.45, 2.75) is 32.1 Å². The second kappa shape index (κ2) is 6.19. The standard InChI is InChI=1S/C20H20O4/c21-14-6-8-16-17-9-7-15(23-12-13-4-2-1-3-5-13)11-19(17)24-20(22)18(16)10-14/h6-11,13,21H,1-5,12H2. The van der Waals surface area contributed by atoms with Gasteiger partial charge in [0, 0.05) is 16.8 Å². The van der Waals surface area contributed by atoms with E-state index in [-0.39, 0.29) is 5.75 Å². The Bertz CT molecular complexity index is 935. The van der Waals surface area contributed by atoms with E-state index in [1.165, 1.54) is 38.2 Å². The number of phenols is 1. The third kappa shape index (κ3) is 2.84. The summed E-state index contributed by atoms with van der Waals surface area (Å²) < 4.78 is 11.3. The van der Waals surface area contributed by atoms with E-state index < -0.39 is 5.63 Å². The number of aromatic hydroxyl groups is 1. The van der Waals surface area contributed by atoms with Gasteiger partial charge < -0.3 is 14.3 Å². The normalized spacial score (nSPS) is 15.8. The zero-order valence-electron chi connectivity index (χ0n) is 13.5. The zero-order valence-corrected chi connectivity index (χ0v) is 13.5.